The van der Waals surface area contributed by atoms with Crippen molar-refractivity contribution < 1.29 is 28.1 Å². The summed E-state index contributed by atoms with van der Waals surface area (Å²) in [6.45, 7) is 7.54. The third kappa shape index (κ3) is 4.96. The lowest BCUT2D eigenvalue weighted by molar-refractivity contribution is -0.189. The molecule has 9 nitrogen and oxygen atoms in total. The molecule has 0 unspecified atom stereocenters. The molecule has 5 heterocycles. The number of hydrogen-bond donors (Lipinski definition) is 1. The lowest BCUT2D eigenvalue weighted by atomic mass is 9.92. The van der Waals surface area contributed by atoms with Gasteiger partial charge >= 0.3 is 6.01 Å². The third-order valence-electron chi connectivity index (χ3n) is 10.1. The molecule has 11 heteroatoms. The third-order valence-corrected chi connectivity index (χ3v) is 10.1. The normalized spacial score (nSPS) is 23.0. The maximum absolute atomic E-state index is 16.8. The largest absolute Gasteiger partial charge is 0.508 e. The number of methoxy groups -OCH3 is 2. The van der Waals surface area contributed by atoms with Gasteiger partial charge in [0.15, 0.2) is 11.6 Å². The van der Waals surface area contributed by atoms with Crippen molar-refractivity contribution in [3.05, 3.63) is 47.7 Å². The van der Waals surface area contributed by atoms with Crippen LogP contribution in [0.15, 0.2) is 30.5 Å². The number of aromatic hydroxyl groups is 1. The van der Waals surface area contributed by atoms with Crippen LogP contribution in [0.3, 0.4) is 0 Å². The number of aromatic nitrogens is 3. The Morgan fingerprint density at radius 1 is 1.09 bits per heavy atom. The Morgan fingerprint density at radius 2 is 1.91 bits per heavy atom. The highest BCUT2D eigenvalue weighted by molar-refractivity contribution is 6.01. The number of aryl methyl sites for hydroxylation is 1. The lowest BCUT2D eigenvalue weighted by Crippen LogP contribution is -2.43. The molecule has 2 aromatic carbocycles. The fourth-order valence-electron chi connectivity index (χ4n) is 7.92. The highest BCUT2D eigenvalue weighted by Gasteiger charge is 2.48. The number of phenols is 1. The second-order valence-electron chi connectivity index (χ2n) is 12.8. The van der Waals surface area contributed by atoms with Gasteiger partial charge in [0.1, 0.15) is 35.2 Å². The molecule has 238 valence electrons. The van der Waals surface area contributed by atoms with Crippen LogP contribution < -0.4 is 9.64 Å². The molecule has 0 bridgehead atoms. The van der Waals surface area contributed by atoms with Gasteiger partial charge in [-0.15, -0.1) is 0 Å². The highest BCUT2D eigenvalue weighted by Crippen LogP contribution is 2.43. The van der Waals surface area contributed by atoms with Gasteiger partial charge in [0.05, 0.1) is 17.5 Å². The van der Waals surface area contributed by atoms with Crippen molar-refractivity contribution in [2.24, 2.45) is 5.92 Å². The average molecular weight is 620 g/mol. The zero-order valence-electron chi connectivity index (χ0n) is 26.2. The van der Waals surface area contributed by atoms with Gasteiger partial charge < -0.3 is 24.2 Å². The Balaban J connectivity index is 1.37. The summed E-state index contributed by atoms with van der Waals surface area (Å²) in [6.07, 6.45) is 5.71. The summed E-state index contributed by atoms with van der Waals surface area (Å²) in [4.78, 5) is 18.5. The number of phenolic OH excluding ortho intramolecular Hbond substituents is 1. The Morgan fingerprint density at radius 3 is 2.67 bits per heavy atom. The first kappa shape index (κ1) is 30.0. The molecule has 0 amide bonds. The first-order valence-electron chi connectivity index (χ1n) is 15.7. The molecule has 0 saturated carbocycles. The molecule has 3 aliphatic rings. The predicted octanol–water partition coefficient (Wildman–Crippen LogP) is 5.84. The molecular weight excluding hydrogens is 580 g/mol. The molecule has 0 spiro atoms. The molecule has 1 N–H and O–H groups in total. The molecule has 45 heavy (non-hydrogen) atoms. The van der Waals surface area contributed by atoms with E-state index < -0.39 is 17.4 Å². The Hall–Kier alpha value is -3.67. The molecule has 3 fully saturated rings. The van der Waals surface area contributed by atoms with Gasteiger partial charge in [-0.2, -0.15) is 9.97 Å². The molecule has 4 aromatic rings. The van der Waals surface area contributed by atoms with Gasteiger partial charge in [-0.1, -0.05) is 19.9 Å². The van der Waals surface area contributed by atoms with Crippen LogP contribution in [-0.2, 0) is 15.9 Å². The van der Waals surface area contributed by atoms with Crippen LogP contribution in [0.2, 0.25) is 0 Å². The summed E-state index contributed by atoms with van der Waals surface area (Å²) in [5.74, 6) is -0.936. The van der Waals surface area contributed by atoms with E-state index in [1.165, 1.54) is 12.1 Å². The number of hydrogen-bond acceptors (Lipinski definition) is 9. The Bertz CT molecular complexity index is 1780. The molecule has 7 rings (SSSR count). The monoisotopic (exact) mass is 619 g/mol. The molecule has 2 atom stereocenters. The smallest absolute Gasteiger partial charge is 0.319 e. The maximum atomic E-state index is 16.8. The van der Waals surface area contributed by atoms with Crippen LogP contribution in [-0.4, -0.2) is 83.3 Å². The van der Waals surface area contributed by atoms with E-state index >= 15 is 4.39 Å². The van der Waals surface area contributed by atoms with Crippen molar-refractivity contribution in [1.29, 1.82) is 0 Å². The summed E-state index contributed by atoms with van der Waals surface area (Å²) in [5.41, 5.74) is 0.654. The van der Waals surface area contributed by atoms with E-state index in [0.29, 0.717) is 71.6 Å². The first-order chi connectivity index (χ1) is 21.7. The summed E-state index contributed by atoms with van der Waals surface area (Å²) >= 11 is 0. The van der Waals surface area contributed by atoms with Gasteiger partial charge in [-0.05, 0) is 72.7 Å². The van der Waals surface area contributed by atoms with Gasteiger partial charge in [-0.3, -0.25) is 9.88 Å². The minimum atomic E-state index is -0.825. The molecule has 0 radical (unpaired) electrons. The van der Waals surface area contributed by atoms with Gasteiger partial charge in [0.2, 0.25) is 0 Å². The molecular formula is C34H39F2N5O4. The van der Waals surface area contributed by atoms with Crippen molar-refractivity contribution in [1.82, 2.24) is 19.9 Å². The van der Waals surface area contributed by atoms with E-state index in [-0.39, 0.29) is 28.5 Å². The lowest BCUT2D eigenvalue weighted by Gasteiger charge is -2.31. The summed E-state index contributed by atoms with van der Waals surface area (Å²) in [7, 11) is 3.21. The van der Waals surface area contributed by atoms with E-state index in [9.17, 15) is 9.50 Å². The SMILES string of the molecule is CCc1c(F)ccc2cc(O)cc(-c3ncc4c(N5CCC(OC)(OC)C5)nc(OC[C@@]56CCCN5C[C@H](C)C6)nc4c3F)c12. The molecule has 2 aromatic heterocycles. The topological polar surface area (TPSA) is 93.1 Å². The van der Waals surface area contributed by atoms with Crippen molar-refractivity contribution in [2.75, 3.05) is 51.9 Å². The second kappa shape index (κ2) is 11.3. The number of rotatable bonds is 8. The van der Waals surface area contributed by atoms with Gasteiger partial charge in [0.25, 0.3) is 0 Å². The number of halogens is 2. The van der Waals surface area contributed by atoms with Crippen molar-refractivity contribution in [3.63, 3.8) is 0 Å². The number of fused-ring (bicyclic) bond motifs is 3. The van der Waals surface area contributed by atoms with Gasteiger partial charge in [-0.25, -0.2) is 8.78 Å². The molecule has 3 aliphatic heterocycles. The Labute approximate surface area is 261 Å². The second-order valence-corrected chi connectivity index (χ2v) is 12.8. The van der Waals surface area contributed by atoms with Gasteiger partial charge in [0, 0.05) is 45.5 Å². The first-order valence-corrected chi connectivity index (χ1v) is 15.7. The van der Waals surface area contributed by atoms with E-state index in [1.807, 2.05) is 11.8 Å². The van der Waals surface area contributed by atoms with Crippen LogP contribution in [0.4, 0.5) is 14.6 Å². The number of ether oxygens (including phenoxy) is 3. The van der Waals surface area contributed by atoms with E-state index in [1.54, 1.807) is 32.5 Å². The number of pyridine rings is 1. The van der Waals surface area contributed by atoms with E-state index in [2.05, 4.69) is 21.8 Å². The predicted molar refractivity (Wildman–Crippen MR) is 168 cm³/mol. The number of nitrogens with zero attached hydrogens (tertiary/aromatic N) is 5. The number of benzene rings is 2. The summed E-state index contributed by atoms with van der Waals surface area (Å²) in [6, 6.07) is 6.01. The zero-order valence-corrected chi connectivity index (χ0v) is 26.2. The standard InChI is InChI=1S/C34H39F2N5O4/c1-5-23-26(35)8-7-21-13-22(42)14-24(27(21)23)29-28(36)30-25(16-37-29)31(40-12-10-34(18-40,43-3)44-4)39-32(38-30)45-19-33-9-6-11-41(33)17-20(2)15-33/h7-8,13-14,16,20,42H,5-6,9-12,15,17-19H2,1-4H3/t20-,33+/m1/s1. The minimum absolute atomic E-state index is 0.0333. The maximum Gasteiger partial charge on any atom is 0.319 e. The van der Waals surface area contributed by atoms with Crippen molar-refractivity contribution in [3.8, 4) is 23.0 Å². The molecule has 0 aliphatic carbocycles. The van der Waals surface area contributed by atoms with Crippen LogP contribution in [0.25, 0.3) is 32.9 Å². The Kier molecular flexibility index (Phi) is 7.53. The summed E-state index contributed by atoms with van der Waals surface area (Å²) < 4.78 is 49.6. The fraction of sp³-hybridized carbons (Fsp3) is 0.500. The average Bonchev–Trinajstić information content (AvgIpc) is 3.72. The zero-order chi connectivity index (χ0) is 31.5. The summed E-state index contributed by atoms with van der Waals surface area (Å²) in [5, 5.41) is 12.1. The van der Waals surface area contributed by atoms with Crippen LogP contribution in [0, 0.1) is 17.6 Å². The van der Waals surface area contributed by atoms with Crippen LogP contribution in [0.1, 0.15) is 45.1 Å². The highest BCUT2D eigenvalue weighted by atomic mass is 19.1. The molecule has 3 saturated heterocycles. The minimum Gasteiger partial charge on any atom is -0.508 e. The van der Waals surface area contributed by atoms with Crippen molar-refractivity contribution in [2.45, 2.75) is 57.3 Å². The fourth-order valence-corrected chi connectivity index (χ4v) is 7.92. The van der Waals surface area contributed by atoms with Crippen LogP contribution >= 0.6 is 0 Å². The van der Waals surface area contributed by atoms with E-state index in [4.69, 9.17) is 19.2 Å². The quantitative estimate of drug-likeness (QED) is 0.244. The van der Waals surface area contributed by atoms with E-state index in [0.717, 1.165) is 32.4 Å². The number of anilines is 1. The van der Waals surface area contributed by atoms with Crippen LogP contribution in [0.5, 0.6) is 11.8 Å². The van der Waals surface area contributed by atoms with Crippen molar-refractivity contribution >= 4 is 27.5 Å².